The van der Waals surface area contributed by atoms with Crippen LogP contribution < -0.4 is 9.26 Å². The minimum atomic E-state index is -4.66. The number of benzene rings is 2. The topological polar surface area (TPSA) is 76.0 Å². The Hall–Kier alpha value is -2.07. The van der Waals surface area contributed by atoms with Crippen molar-refractivity contribution in [3.8, 4) is 11.5 Å². The number of ether oxygens (including phenoxy) is 1. The van der Waals surface area contributed by atoms with Gasteiger partial charge in [0, 0.05) is 5.56 Å². The molecule has 2 aromatic carbocycles. The monoisotopic (exact) mass is 348 g/mol. The summed E-state index contributed by atoms with van der Waals surface area (Å²) in [6.45, 7) is 3.81. The first kappa shape index (κ1) is 18.3. The number of methoxy groups -OCH3 is 1. The molecule has 2 rings (SSSR count). The minimum absolute atomic E-state index is 0.0198. The Bertz CT molecular complexity index is 762. The number of phosphoric ester groups is 1. The van der Waals surface area contributed by atoms with E-state index >= 15 is 0 Å². The Morgan fingerprint density at radius 2 is 1.58 bits per heavy atom. The summed E-state index contributed by atoms with van der Waals surface area (Å²) in [5, 5.41) is 0. The highest BCUT2D eigenvalue weighted by Gasteiger charge is 2.23. The summed E-state index contributed by atoms with van der Waals surface area (Å²) < 4.78 is 21.5. The second kappa shape index (κ2) is 7.67. The van der Waals surface area contributed by atoms with Gasteiger partial charge in [0.05, 0.1) is 7.11 Å². The molecular weight excluding hydrogens is 327 g/mol. The summed E-state index contributed by atoms with van der Waals surface area (Å²) >= 11 is 0. The molecule has 0 saturated carbocycles. The molecule has 2 aromatic rings. The fourth-order valence-electron chi connectivity index (χ4n) is 2.42. The van der Waals surface area contributed by atoms with E-state index in [1.165, 1.54) is 7.11 Å². The van der Waals surface area contributed by atoms with Crippen molar-refractivity contribution in [1.29, 1.82) is 0 Å². The normalized spacial score (nSPS) is 11.9. The number of hydrogen-bond acceptors (Lipinski definition) is 3. The van der Waals surface area contributed by atoms with Crippen molar-refractivity contribution < 1.29 is 23.6 Å². The van der Waals surface area contributed by atoms with Crippen LogP contribution in [0.4, 0.5) is 0 Å². The van der Waals surface area contributed by atoms with Gasteiger partial charge in [0.15, 0.2) is 0 Å². The molecule has 0 aliphatic carbocycles. The zero-order valence-electron chi connectivity index (χ0n) is 13.8. The molecule has 0 amide bonds. The van der Waals surface area contributed by atoms with Crippen LogP contribution in [0.2, 0.25) is 0 Å². The third-order valence-electron chi connectivity index (χ3n) is 3.41. The van der Waals surface area contributed by atoms with Crippen LogP contribution >= 0.6 is 7.82 Å². The Kier molecular flexibility index (Phi) is 5.84. The molecule has 2 N–H and O–H groups in total. The third kappa shape index (κ3) is 4.96. The van der Waals surface area contributed by atoms with E-state index in [1.807, 2.05) is 62.4 Å². The molecule has 0 spiro atoms. The summed E-state index contributed by atoms with van der Waals surface area (Å²) in [5.41, 5.74) is 2.36. The van der Waals surface area contributed by atoms with E-state index in [0.717, 1.165) is 11.1 Å². The molecular formula is C18H21O5P. The van der Waals surface area contributed by atoms with Gasteiger partial charge in [-0.3, -0.25) is 9.79 Å². The smallest absolute Gasteiger partial charge is 0.496 e. The zero-order valence-corrected chi connectivity index (χ0v) is 14.7. The lowest BCUT2D eigenvalue weighted by Gasteiger charge is -2.18. The summed E-state index contributed by atoms with van der Waals surface area (Å²) in [6.07, 6.45) is 3.75. The number of phosphoric acid groups is 1. The van der Waals surface area contributed by atoms with Gasteiger partial charge in [0.25, 0.3) is 0 Å². The third-order valence-corrected chi connectivity index (χ3v) is 3.84. The molecule has 0 fully saturated rings. The molecule has 0 radical (unpaired) electrons. The highest BCUT2D eigenvalue weighted by molar-refractivity contribution is 7.46. The van der Waals surface area contributed by atoms with Gasteiger partial charge in [0.2, 0.25) is 0 Å². The van der Waals surface area contributed by atoms with E-state index in [-0.39, 0.29) is 11.7 Å². The maximum absolute atomic E-state index is 11.3. The molecule has 24 heavy (non-hydrogen) atoms. The highest BCUT2D eigenvalue weighted by Crippen LogP contribution is 2.44. The Labute approximate surface area is 141 Å². The second-order valence-electron chi connectivity index (χ2n) is 5.62. The maximum Gasteiger partial charge on any atom is 0.524 e. The Balaban J connectivity index is 2.48. The minimum Gasteiger partial charge on any atom is -0.496 e. The molecule has 0 aliphatic rings. The van der Waals surface area contributed by atoms with E-state index in [0.29, 0.717) is 11.3 Å². The van der Waals surface area contributed by atoms with Crippen LogP contribution in [0.3, 0.4) is 0 Å². The largest absolute Gasteiger partial charge is 0.524 e. The fourth-order valence-corrected chi connectivity index (χ4v) is 2.82. The lowest BCUT2D eigenvalue weighted by Crippen LogP contribution is -2.01. The summed E-state index contributed by atoms with van der Waals surface area (Å²) in [6, 6.07) is 13.2. The van der Waals surface area contributed by atoms with Gasteiger partial charge in [-0.05, 0) is 29.2 Å². The van der Waals surface area contributed by atoms with E-state index in [4.69, 9.17) is 19.0 Å². The summed E-state index contributed by atoms with van der Waals surface area (Å²) in [4.78, 5) is 18.3. The SMILES string of the molecule is COc1cc(/C=C/c2ccccc2)cc(OP(=O)(O)O)c1C(C)C. The second-order valence-corrected chi connectivity index (χ2v) is 6.78. The van der Waals surface area contributed by atoms with E-state index in [9.17, 15) is 4.57 Å². The van der Waals surface area contributed by atoms with Crippen LogP contribution in [-0.4, -0.2) is 16.9 Å². The van der Waals surface area contributed by atoms with E-state index < -0.39 is 7.82 Å². The standard InChI is InChI=1S/C18H21O5P/c1-13(2)18-16(22-3)11-15(12-17(18)23-24(19,20)21)10-9-14-7-5-4-6-8-14/h4-13H,1-3H3,(H2,19,20,21)/b10-9+. The van der Waals surface area contributed by atoms with Gasteiger partial charge in [-0.1, -0.05) is 56.3 Å². The van der Waals surface area contributed by atoms with Crippen molar-refractivity contribution in [3.63, 3.8) is 0 Å². The zero-order chi connectivity index (χ0) is 17.7. The Morgan fingerprint density at radius 3 is 2.12 bits per heavy atom. The van der Waals surface area contributed by atoms with Crippen LogP contribution in [0.25, 0.3) is 12.2 Å². The van der Waals surface area contributed by atoms with Crippen molar-refractivity contribution >= 4 is 20.0 Å². The van der Waals surface area contributed by atoms with Crippen molar-refractivity contribution in [2.75, 3.05) is 7.11 Å². The average Bonchev–Trinajstić information content (AvgIpc) is 2.51. The first-order valence-corrected chi connectivity index (χ1v) is 9.03. The molecule has 6 heteroatoms. The molecule has 0 atom stereocenters. The quantitative estimate of drug-likeness (QED) is 0.595. The average molecular weight is 348 g/mol. The Morgan fingerprint density at radius 1 is 1.00 bits per heavy atom. The van der Waals surface area contributed by atoms with Gasteiger partial charge in [-0.25, -0.2) is 4.57 Å². The van der Waals surface area contributed by atoms with Crippen molar-refractivity contribution in [1.82, 2.24) is 0 Å². The van der Waals surface area contributed by atoms with Gasteiger partial charge >= 0.3 is 7.82 Å². The van der Waals surface area contributed by atoms with Gasteiger partial charge in [-0.15, -0.1) is 0 Å². The number of hydrogen-bond donors (Lipinski definition) is 2. The molecule has 0 aromatic heterocycles. The lowest BCUT2D eigenvalue weighted by atomic mass is 9.98. The molecule has 0 unspecified atom stereocenters. The first-order valence-electron chi connectivity index (χ1n) is 7.50. The maximum atomic E-state index is 11.3. The molecule has 0 bridgehead atoms. The summed E-state index contributed by atoms with van der Waals surface area (Å²) in [5.74, 6) is 0.641. The molecule has 5 nitrogen and oxygen atoms in total. The molecule has 0 aliphatic heterocycles. The van der Waals surface area contributed by atoms with Crippen molar-refractivity contribution in [2.45, 2.75) is 19.8 Å². The van der Waals surface area contributed by atoms with E-state index in [1.54, 1.807) is 6.07 Å². The molecule has 0 heterocycles. The first-order chi connectivity index (χ1) is 11.3. The van der Waals surface area contributed by atoms with Crippen molar-refractivity contribution in [3.05, 3.63) is 59.2 Å². The fraction of sp³-hybridized carbons (Fsp3) is 0.222. The van der Waals surface area contributed by atoms with Crippen LogP contribution in [0, 0.1) is 0 Å². The highest BCUT2D eigenvalue weighted by atomic mass is 31.2. The molecule has 0 saturated heterocycles. The predicted octanol–water partition coefficient (Wildman–Crippen LogP) is 4.46. The van der Waals surface area contributed by atoms with Crippen molar-refractivity contribution in [2.24, 2.45) is 0 Å². The lowest BCUT2D eigenvalue weighted by molar-refractivity contribution is 0.281. The van der Waals surface area contributed by atoms with Crippen LogP contribution in [0.5, 0.6) is 11.5 Å². The van der Waals surface area contributed by atoms with Gasteiger partial charge in [0.1, 0.15) is 11.5 Å². The van der Waals surface area contributed by atoms with E-state index in [2.05, 4.69) is 0 Å². The van der Waals surface area contributed by atoms with Gasteiger partial charge in [-0.2, -0.15) is 0 Å². The predicted molar refractivity (Wildman–Crippen MR) is 95.1 cm³/mol. The molecule has 128 valence electrons. The van der Waals surface area contributed by atoms with Gasteiger partial charge < -0.3 is 9.26 Å². The summed E-state index contributed by atoms with van der Waals surface area (Å²) in [7, 11) is -3.14. The van der Waals surface area contributed by atoms with Crippen LogP contribution in [-0.2, 0) is 4.57 Å². The number of rotatable bonds is 6. The van der Waals surface area contributed by atoms with Crippen LogP contribution in [0.1, 0.15) is 36.5 Å². The van der Waals surface area contributed by atoms with Crippen LogP contribution in [0.15, 0.2) is 42.5 Å².